The summed E-state index contributed by atoms with van der Waals surface area (Å²) in [7, 11) is 1.30. The minimum atomic E-state index is -0.556. The summed E-state index contributed by atoms with van der Waals surface area (Å²) in [5, 5.41) is 0. The number of aryl methyl sites for hydroxylation is 1. The van der Waals surface area contributed by atoms with Crippen LogP contribution in [0, 0.1) is 19.7 Å². The molecular weight excluding hydrogens is 411 g/mol. The van der Waals surface area contributed by atoms with E-state index in [2.05, 4.69) is 0 Å². The molecule has 2 aliphatic heterocycles. The quantitative estimate of drug-likeness (QED) is 0.521. The SMILES string of the molecule is COC(=O)C1=C(C)N(C[C@H]2CCCO2)C(=O)/C1=C\c1cc(C)n(-c2ccccc2F)c1C. The number of hydrogen-bond donors (Lipinski definition) is 0. The average Bonchev–Trinajstić information content (AvgIpc) is 3.44. The average molecular weight is 438 g/mol. The molecule has 7 heteroatoms. The van der Waals surface area contributed by atoms with Gasteiger partial charge in [-0.05, 0) is 63.5 Å². The standard InChI is InChI=1S/C25H27FN2O4/c1-15-12-18(16(2)28(15)22-10-6-5-9-21(22)26)13-20-23(25(30)31-4)17(3)27(24(20)29)14-19-8-7-11-32-19/h5-6,9-10,12-13,19H,7-8,11,14H2,1-4H3/b20-13-/t19-/m1/s1. The summed E-state index contributed by atoms with van der Waals surface area (Å²) in [6.07, 6.45) is 3.50. The van der Waals surface area contributed by atoms with Crippen LogP contribution in [0.15, 0.2) is 47.2 Å². The summed E-state index contributed by atoms with van der Waals surface area (Å²) in [5.74, 6) is -1.15. The van der Waals surface area contributed by atoms with Crippen molar-refractivity contribution in [3.8, 4) is 5.69 Å². The number of methoxy groups -OCH3 is 1. The molecule has 0 aliphatic carbocycles. The number of benzene rings is 1. The van der Waals surface area contributed by atoms with Gasteiger partial charge in [0, 0.05) is 23.7 Å². The Hall–Kier alpha value is -3.19. The number of ether oxygens (including phenoxy) is 2. The van der Waals surface area contributed by atoms with E-state index in [1.165, 1.54) is 13.2 Å². The summed E-state index contributed by atoms with van der Waals surface area (Å²) in [6, 6.07) is 8.43. The second-order valence-electron chi connectivity index (χ2n) is 8.17. The van der Waals surface area contributed by atoms with Crippen LogP contribution in [0.1, 0.15) is 36.7 Å². The summed E-state index contributed by atoms with van der Waals surface area (Å²) in [5.41, 5.74) is 3.86. The van der Waals surface area contributed by atoms with Gasteiger partial charge in [-0.15, -0.1) is 0 Å². The fraction of sp³-hybridized carbons (Fsp3) is 0.360. The molecule has 32 heavy (non-hydrogen) atoms. The second kappa shape index (κ2) is 8.74. The fourth-order valence-electron chi connectivity index (χ4n) is 4.53. The van der Waals surface area contributed by atoms with Gasteiger partial charge in [-0.25, -0.2) is 9.18 Å². The highest BCUT2D eigenvalue weighted by Crippen LogP contribution is 2.34. The molecule has 1 fully saturated rings. The molecule has 3 heterocycles. The second-order valence-corrected chi connectivity index (χ2v) is 8.17. The van der Waals surface area contributed by atoms with E-state index in [0.29, 0.717) is 24.5 Å². The third-order valence-electron chi connectivity index (χ3n) is 6.17. The largest absolute Gasteiger partial charge is 0.465 e. The molecule has 0 radical (unpaired) electrons. The Kier molecular flexibility index (Phi) is 6.02. The molecule has 1 amide bonds. The van der Waals surface area contributed by atoms with Crippen molar-refractivity contribution in [3.63, 3.8) is 0 Å². The molecule has 2 aliphatic rings. The first-order valence-corrected chi connectivity index (χ1v) is 10.7. The number of halogens is 1. The Morgan fingerprint density at radius 3 is 2.69 bits per heavy atom. The van der Waals surface area contributed by atoms with Gasteiger partial charge < -0.3 is 18.9 Å². The van der Waals surface area contributed by atoms with Gasteiger partial charge >= 0.3 is 5.97 Å². The van der Waals surface area contributed by atoms with Gasteiger partial charge in [0.25, 0.3) is 5.91 Å². The molecule has 0 spiro atoms. The van der Waals surface area contributed by atoms with E-state index in [1.54, 1.807) is 40.7 Å². The van der Waals surface area contributed by atoms with Gasteiger partial charge in [0.15, 0.2) is 0 Å². The first-order valence-electron chi connectivity index (χ1n) is 10.7. The van der Waals surface area contributed by atoms with E-state index in [1.807, 2.05) is 19.9 Å². The van der Waals surface area contributed by atoms with Crippen molar-refractivity contribution in [3.05, 3.63) is 69.9 Å². The first kappa shape index (κ1) is 22.0. The van der Waals surface area contributed by atoms with E-state index in [0.717, 1.165) is 29.8 Å². The number of para-hydroxylation sites is 1. The molecule has 4 rings (SSSR count). The number of aromatic nitrogens is 1. The van der Waals surface area contributed by atoms with E-state index in [4.69, 9.17) is 9.47 Å². The number of nitrogens with zero attached hydrogens (tertiary/aromatic N) is 2. The Morgan fingerprint density at radius 1 is 1.28 bits per heavy atom. The molecule has 0 N–H and O–H groups in total. The van der Waals surface area contributed by atoms with Crippen molar-refractivity contribution >= 4 is 18.0 Å². The van der Waals surface area contributed by atoms with Gasteiger partial charge in [0.05, 0.1) is 36.6 Å². The number of carbonyl (C=O) groups is 2. The third-order valence-corrected chi connectivity index (χ3v) is 6.17. The predicted molar refractivity (Wildman–Crippen MR) is 119 cm³/mol. The number of allylic oxidation sites excluding steroid dienone is 1. The third kappa shape index (κ3) is 3.77. The maximum Gasteiger partial charge on any atom is 0.340 e. The van der Waals surface area contributed by atoms with Crippen LogP contribution in [0.3, 0.4) is 0 Å². The fourth-order valence-corrected chi connectivity index (χ4v) is 4.53. The van der Waals surface area contributed by atoms with Crippen LogP contribution in [0.5, 0.6) is 0 Å². The minimum absolute atomic E-state index is 0.0433. The number of amides is 1. The van der Waals surface area contributed by atoms with Gasteiger partial charge in [-0.1, -0.05) is 12.1 Å². The molecule has 1 aromatic carbocycles. The normalized spacial score (nSPS) is 20.0. The lowest BCUT2D eigenvalue weighted by Gasteiger charge is -2.21. The van der Waals surface area contributed by atoms with E-state index >= 15 is 0 Å². The molecule has 2 aromatic rings. The zero-order valence-corrected chi connectivity index (χ0v) is 18.8. The lowest BCUT2D eigenvalue weighted by molar-refractivity contribution is -0.136. The topological polar surface area (TPSA) is 60.8 Å². The summed E-state index contributed by atoms with van der Waals surface area (Å²) >= 11 is 0. The van der Waals surface area contributed by atoms with Crippen molar-refractivity contribution < 1.29 is 23.5 Å². The van der Waals surface area contributed by atoms with Gasteiger partial charge in [0.1, 0.15) is 5.82 Å². The van der Waals surface area contributed by atoms with Crippen LogP contribution < -0.4 is 0 Å². The summed E-state index contributed by atoms with van der Waals surface area (Å²) < 4.78 is 26.9. The van der Waals surface area contributed by atoms with E-state index in [9.17, 15) is 14.0 Å². The zero-order chi connectivity index (χ0) is 23.0. The first-order chi connectivity index (χ1) is 15.3. The zero-order valence-electron chi connectivity index (χ0n) is 18.8. The van der Waals surface area contributed by atoms with Crippen molar-refractivity contribution in [2.45, 2.75) is 39.7 Å². The summed E-state index contributed by atoms with van der Waals surface area (Å²) in [6.45, 7) is 6.58. The summed E-state index contributed by atoms with van der Waals surface area (Å²) in [4.78, 5) is 27.5. The maximum absolute atomic E-state index is 14.4. The van der Waals surface area contributed by atoms with Crippen molar-refractivity contribution in [1.82, 2.24) is 9.47 Å². The van der Waals surface area contributed by atoms with Crippen LogP contribution in [0.25, 0.3) is 11.8 Å². The molecule has 6 nitrogen and oxygen atoms in total. The molecule has 0 saturated carbocycles. The molecule has 1 saturated heterocycles. The molecule has 0 bridgehead atoms. The lowest BCUT2D eigenvalue weighted by atomic mass is 10.0. The van der Waals surface area contributed by atoms with Crippen LogP contribution in [-0.2, 0) is 19.1 Å². The van der Waals surface area contributed by atoms with Crippen molar-refractivity contribution in [2.24, 2.45) is 0 Å². The molecule has 0 unspecified atom stereocenters. The molecule has 1 aromatic heterocycles. The molecule has 168 valence electrons. The Labute approximate surface area is 186 Å². The lowest BCUT2D eigenvalue weighted by Crippen LogP contribution is -2.33. The van der Waals surface area contributed by atoms with Crippen molar-refractivity contribution in [2.75, 3.05) is 20.3 Å². The minimum Gasteiger partial charge on any atom is -0.465 e. The van der Waals surface area contributed by atoms with Crippen molar-refractivity contribution in [1.29, 1.82) is 0 Å². The van der Waals surface area contributed by atoms with Gasteiger partial charge in [-0.2, -0.15) is 0 Å². The smallest absolute Gasteiger partial charge is 0.340 e. The number of hydrogen-bond acceptors (Lipinski definition) is 4. The number of rotatable bonds is 5. The highest BCUT2D eigenvalue weighted by molar-refractivity contribution is 6.16. The van der Waals surface area contributed by atoms with Crippen LogP contribution in [0.4, 0.5) is 4.39 Å². The number of esters is 1. The number of carbonyl (C=O) groups excluding carboxylic acids is 2. The van der Waals surface area contributed by atoms with Crippen LogP contribution in [-0.4, -0.2) is 47.7 Å². The Bertz CT molecular complexity index is 1140. The highest BCUT2D eigenvalue weighted by atomic mass is 19.1. The van der Waals surface area contributed by atoms with E-state index < -0.39 is 5.97 Å². The Morgan fingerprint density at radius 2 is 2.03 bits per heavy atom. The maximum atomic E-state index is 14.4. The monoisotopic (exact) mass is 438 g/mol. The van der Waals surface area contributed by atoms with Gasteiger partial charge in [-0.3, -0.25) is 4.79 Å². The highest BCUT2D eigenvalue weighted by Gasteiger charge is 2.38. The predicted octanol–water partition coefficient (Wildman–Crippen LogP) is 4.08. The van der Waals surface area contributed by atoms with Crippen LogP contribution >= 0.6 is 0 Å². The molecular formula is C25H27FN2O4. The van der Waals surface area contributed by atoms with Gasteiger partial charge in [0.2, 0.25) is 0 Å². The Balaban J connectivity index is 1.77. The van der Waals surface area contributed by atoms with Crippen LogP contribution in [0.2, 0.25) is 0 Å². The molecule has 1 atom stereocenters. The van der Waals surface area contributed by atoms with E-state index in [-0.39, 0.29) is 29.0 Å².